The Balaban J connectivity index is 1.61. The average Bonchev–Trinajstić information content (AvgIpc) is 3.15. The van der Waals surface area contributed by atoms with Crippen LogP contribution in [0.25, 0.3) is 0 Å². The van der Waals surface area contributed by atoms with Gasteiger partial charge in [0.05, 0.1) is 11.7 Å². The fraction of sp³-hybridized carbons (Fsp3) is 0.931. The summed E-state index contributed by atoms with van der Waals surface area (Å²) in [4.78, 5) is 0. The van der Waals surface area contributed by atoms with E-state index in [4.69, 9.17) is 0 Å². The molecule has 3 N–H and O–H groups in total. The van der Waals surface area contributed by atoms with Gasteiger partial charge in [-0.25, -0.2) is 0 Å². The normalized spacial score (nSPS) is 50.7. The van der Waals surface area contributed by atoms with Crippen molar-refractivity contribution in [2.75, 3.05) is 6.61 Å². The van der Waals surface area contributed by atoms with Crippen LogP contribution in [0.4, 0.5) is 0 Å². The Labute approximate surface area is 197 Å². The summed E-state index contributed by atoms with van der Waals surface area (Å²) in [5, 5.41) is 33.8. The van der Waals surface area contributed by atoms with Gasteiger partial charge in [0.25, 0.3) is 0 Å². The zero-order chi connectivity index (χ0) is 23.5. The fourth-order valence-electron chi connectivity index (χ4n) is 9.43. The van der Waals surface area contributed by atoms with E-state index in [1.807, 2.05) is 0 Å². The molecule has 4 rings (SSSR count). The number of aliphatic hydroxyl groups is 3. The summed E-state index contributed by atoms with van der Waals surface area (Å²) in [7, 11) is 0. The van der Waals surface area contributed by atoms with Gasteiger partial charge in [0.15, 0.2) is 0 Å². The minimum Gasteiger partial charge on any atom is -0.396 e. The molecule has 0 heterocycles. The third kappa shape index (κ3) is 3.55. The molecule has 0 amide bonds. The van der Waals surface area contributed by atoms with Gasteiger partial charge in [-0.2, -0.15) is 0 Å². The Morgan fingerprint density at radius 2 is 1.62 bits per heavy atom. The van der Waals surface area contributed by atoms with Crippen LogP contribution >= 0.6 is 0 Å². The summed E-state index contributed by atoms with van der Waals surface area (Å²) in [6, 6.07) is 0. The number of allylic oxidation sites excluding steroid dienone is 2. The molecule has 4 aliphatic rings. The third-order valence-corrected chi connectivity index (χ3v) is 11.7. The molecule has 0 saturated heterocycles. The van der Waals surface area contributed by atoms with Crippen LogP contribution in [0, 0.1) is 58.2 Å². The molecule has 1 unspecified atom stereocenters. The molecule has 4 saturated carbocycles. The summed E-state index contributed by atoms with van der Waals surface area (Å²) in [5.74, 6) is 3.45. The first kappa shape index (κ1) is 24.7. The number of hydrogen-bond acceptors (Lipinski definition) is 3. The largest absolute Gasteiger partial charge is 0.396 e. The van der Waals surface area contributed by atoms with Gasteiger partial charge in [-0.05, 0) is 104 Å². The van der Waals surface area contributed by atoms with Crippen molar-refractivity contribution < 1.29 is 15.3 Å². The van der Waals surface area contributed by atoms with E-state index in [9.17, 15) is 15.3 Å². The molecule has 0 bridgehead atoms. The van der Waals surface area contributed by atoms with E-state index in [-0.39, 0.29) is 29.5 Å². The van der Waals surface area contributed by atoms with E-state index in [1.165, 1.54) is 0 Å². The Hall–Kier alpha value is -0.380. The van der Waals surface area contributed by atoms with Gasteiger partial charge in [0.2, 0.25) is 0 Å². The highest BCUT2D eigenvalue weighted by Crippen LogP contribution is 2.70. The maximum atomic E-state index is 12.4. The lowest BCUT2D eigenvalue weighted by atomic mass is 9.41. The topological polar surface area (TPSA) is 60.7 Å². The second kappa shape index (κ2) is 8.68. The summed E-state index contributed by atoms with van der Waals surface area (Å²) >= 11 is 0. The van der Waals surface area contributed by atoms with Crippen molar-refractivity contribution in [3.8, 4) is 0 Å². The first-order valence-electron chi connectivity index (χ1n) is 13.7. The lowest BCUT2D eigenvalue weighted by Crippen LogP contribution is -2.66. The predicted molar refractivity (Wildman–Crippen MR) is 131 cm³/mol. The maximum Gasteiger partial charge on any atom is 0.0715 e. The molecule has 0 aromatic rings. The first-order chi connectivity index (χ1) is 15.0. The van der Waals surface area contributed by atoms with Gasteiger partial charge in [-0.3, -0.25) is 0 Å². The highest BCUT2D eigenvalue weighted by Gasteiger charge is 2.68. The lowest BCUT2D eigenvalue weighted by molar-refractivity contribution is -0.242. The molecular formula is C29H50O3. The second-order valence-corrected chi connectivity index (χ2v) is 13.2. The van der Waals surface area contributed by atoms with Crippen molar-refractivity contribution in [1.82, 2.24) is 0 Å². The zero-order valence-electron chi connectivity index (χ0n) is 21.6. The van der Waals surface area contributed by atoms with Crippen molar-refractivity contribution in [3.63, 3.8) is 0 Å². The highest BCUT2D eigenvalue weighted by molar-refractivity contribution is 5.18. The summed E-state index contributed by atoms with van der Waals surface area (Å²) in [6.07, 6.45) is 12.6. The number of hydrogen-bond donors (Lipinski definition) is 3. The van der Waals surface area contributed by atoms with Crippen molar-refractivity contribution in [1.29, 1.82) is 0 Å². The molecule has 0 radical (unpaired) electrons. The van der Waals surface area contributed by atoms with E-state index in [0.717, 1.165) is 51.4 Å². The van der Waals surface area contributed by atoms with Gasteiger partial charge >= 0.3 is 0 Å². The fourth-order valence-corrected chi connectivity index (χ4v) is 9.43. The van der Waals surface area contributed by atoms with Crippen LogP contribution in [0.5, 0.6) is 0 Å². The van der Waals surface area contributed by atoms with Gasteiger partial charge in [0, 0.05) is 12.0 Å². The Morgan fingerprint density at radius 3 is 2.28 bits per heavy atom. The van der Waals surface area contributed by atoms with Crippen LogP contribution in [0.3, 0.4) is 0 Å². The van der Waals surface area contributed by atoms with Crippen LogP contribution in [0.1, 0.15) is 92.9 Å². The van der Waals surface area contributed by atoms with E-state index in [2.05, 4.69) is 53.7 Å². The number of rotatable bonds is 5. The highest BCUT2D eigenvalue weighted by atomic mass is 16.3. The van der Waals surface area contributed by atoms with Crippen LogP contribution in [-0.2, 0) is 0 Å². The molecule has 3 nitrogen and oxygen atoms in total. The molecule has 0 spiro atoms. The van der Waals surface area contributed by atoms with Gasteiger partial charge < -0.3 is 15.3 Å². The van der Waals surface area contributed by atoms with E-state index in [1.54, 1.807) is 0 Å². The maximum absolute atomic E-state index is 12.4. The molecular weight excluding hydrogens is 396 g/mol. The Bertz CT molecular complexity index is 703. The van der Waals surface area contributed by atoms with Crippen molar-refractivity contribution >= 4 is 0 Å². The summed E-state index contributed by atoms with van der Waals surface area (Å²) in [6.45, 7) is 14.1. The molecule has 4 aliphatic carbocycles. The summed E-state index contributed by atoms with van der Waals surface area (Å²) in [5.41, 5.74) is -0.680. The summed E-state index contributed by atoms with van der Waals surface area (Å²) < 4.78 is 0. The molecule has 0 aromatic heterocycles. The van der Waals surface area contributed by atoms with Crippen LogP contribution < -0.4 is 0 Å². The van der Waals surface area contributed by atoms with Crippen molar-refractivity contribution in [2.45, 2.75) is 105 Å². The van der Waals surface area contributed by atoms with Gasteiger partial charge in [-0.15, -0.1) is 0 Å². The van der Waals surface area contributed by atoms with Crippen molar-refractivity contribution in [2.24, 2.45) is 58.2 Å². The van der Waals surface area contributed by atoms with E-state index >= 15 is 0 Å². The standard InChI is InChI=1S/C29H50O3/c1-18(2)19(3)7-8-20(4)22-9-10-26-28(22,17-30)15-13-25-27(6)14-12-24(31)21(5)23(27)11-16-29(25,26)32/h7-8,18-26,30-32H,9-17H2,1-6H3/b8-7+/t19?,20-,21+,22-,23+,24+,25-,26-,27+,28+,29+/m1/s1. The zero-order valence-corrected chi connectivity index (χ0v) is 21.6. The Kier molecular flexibility index (Phi) is 6.71. The third-order valence-electron chi connectivity index (χ3n) is 11.7. The first-order valence-corrected chi connectivity index (χ1v) is 13.7. The molecule has 3 heteroatoms. The minimum absolute atomic E-state index is 0.115. The van der Waals surface area contributed by atoms with Gasteiger partial charge in [-0.1, -0.05) is 53.7 Å². The minimum atomic E-state index is -0.655. The van der Waals surface area contributed by atoms with E-state index in [0.29, 0.717) is 41.4 Å². The molecule has 0 aromatic carbocycles. The predicted octanol–water partition coefficient (Wildman–Crippen LogP) is 5.82. The Morgan fingerprint density at radius 1 is 0.906 bits per heavy atom. The molecule has 0 aliphatic heterocycles. The monoisotopic (exact) mass is 446 g/mol. The van der Waals surface area contributed by atoms with Crippen molar-refractivity contribution in [3.05, 3.63) is 12.2 Å². The lowest BCUT2D eigenvalue weighted by Gasteiger charge is -2.66. The SMILES string of the molecule is CC(C)C(C)/C=C/[C@@H](C)[C@H]1CC[C@H]2[C@]3(O)CC[C@H]4[C@H](C)[C@@H](O)CC[C@]4(C)[C@H]3CC[C@]12CO. The van der Waals surface area contributed by atoms with Crippen LogP contribution in [0.2, 0.25) is 0 Å². The molecule has 4 fully saturated rings. The van der Waals surface area contributed by atoms with Crippen LogP contribution in [-0.4, -0.2) is 33.6 Å². The van der Waals surface area contributed by atoms with Crippen LogP contribution in [0.15, 0.2) is 12.2 Å². The molecule has 184 valence electrons. The average molecular weight is 447 g/mol. The smallest absolute Gasteiger partial charge is 0.0715 e. The van der Waals surface area contributed by atoms with E-state index < -0.39 is 5.60 Å². The number of fused-ring (bicyclic) bond motifs is 5. The molecule has 11 atom stereocenters. The van der Waals surface area contributed by atoms with Gasteiger partial charge in [0.1, 0.15) is 0 Å². The second-order valence-electron chi connectivity index (χ2n) is 13.2. The number of aliphatic hydroxyl groups excluding tert-OH is 2. The molecule has 32 heavy (non-hydrogen) atoms. The quantitative estimate of drug-likeness (QED) is 0.466.